The Morgan fingerprint density at radius 2 is 1.10 bits per heavy atom. The van der Waals surface area contributed by atoms with Gasteiger partial charge in [-0.1, -0.05) is 60.7 Å². The molecule has 248 valence electrons. The third-order valence-electron chi connectivity index (χ3n) is 9.20. The fourth-order valence-electron chi connectivity index (χ4n) is 6.42. The van der Waals surface area contributed by atoms with Crippen LogP contribution in [0.15, 0.2) is 134 Å². The number of benzene rings is 4. The highest BCUT2D eigenvalue weighted by Crippen LogP contribution is 2.29. The summed E-state index contributed by atoms with van der Waals surface area (Å²) in [6.45, 7) is 5.49. The molecule has 4 aromatic carbocycles. The lowest BCUT2D eigenvalue weighted by molar-refractivity contribution is 1.04. The van der Waals surface area contributed by atoms with Crippen molar-refractivity contribution in [3.05, 3.63) is 168 Å². The average Bonchev–Trinajstić information content (AvgIpc) is 3.17. The van der Waals surface area contributed by atoms with Crippen molar-refractivity contribution < 1.29 is 0 Å². The first kappa shape index (κ1) is 31.7. The van der Waals surface area contributed by atoms with Crippen LogP contribution in [0.25, 0.3) is 44.1 Å². The van der Waals surface area contributed by atoms with Crippen molar-refractivity contribution in [2.24, 2.45) is 0 Å². The maximum atomic E-state index is 4.75. The molecule has 0 saturated carbocycles. The van der Waals surface area contributed by atoms with Crippen LogP contribution in [0.1, 0.15) is 33.6 Å². The molecule has 0 atom stereocenters. The fraction of sp³-hybridized carbons (Fsp3) is 0.116. The number of hydrogen-bond acceptors (Lipinski definition) is 8. The van der Waals surface area contributed by atoms with E-state index in [0.29, 0.717) is 13.1 Å². The Balaban J connectivity index is 0.975. The Labute approximate surface area is 296 Å². The monoisotopic (exact) mass is 664 g/mol. The van der Waals surface area contributed by atoms with Crippen molar-refractivity contribution in [1.29, 1.82) is 0 Å². The summed E-state index contributed by atoms with van der Waals surface area (Å²) in [6.07, 6.45) is 7.70. The molecular weight excluding hydrogens is 629 g/mol. The Kier molecular flexibility index (Phi) is 8.79. The zero-order chi connectivity index (χ0) is 34.6. The first-order chi connectivity index (χ1) is 25.1. The van der Waals surface area contributed by atoms with E-state index < -0.39 is 0 Å². The number of nitrogens with one attached hydrogen (secondary N) is 2. The van der Waals surface area contributed by atoms with Crippen LogP contribution >= 0.6 is 0 Å². The van der Waals surface area contributed by atoms with Crippen LogP contribution in [0.4, 0.5) is 11.6 Å². The SMILES string of the molecule is Cc1cc(-c2ccc3c(NCc4ccc(C)c(Cc5cc(-c6ccc7c(NCc8ccccc8)ncnc7c6)ccn5)c4)ncnc3c2)ccn1. The van der Waals surface area contributed by atoms with Crippen molar-refractivity contribution in [1.82, 2.24) is 29.9 Å². The van der Waals surface area contributed by atoms with Gasteiger partial charge in [-0.15, -0.1) is 0 Å². The van der Waals surface area contributed by atoms with Crippen LogP contribution in [0.3, 0.4) is 0 Å². The van der Waals surface area contributed by atoms with Gasteiger partial charge in [0.25, 0.3) is 0 Å². The highest BCUT2D eigenvalue weighted by Gasteiger charge is 2.11. The summed E-state index contributed by atoms with van der Waals surface area (Å²) in [5.41, 5.74) is 13.1. The van der Waals surface area contributed by atoms with E-state index >= 15 is 0 Å². The van der Waals surface area contributed by atoms with E-state index in [1.54, 1.807) is 12.7 Å². The average molecular weight is 665 g/mol. The van der Waals surface area contributed by atoms with E-state index in [2.05, 4.69) is 127 Å². The minimum Gasteiger partial charge on any atom is -0.365 e. The van der Waals surface area contributed by atoms with Gasteiger partial charge in [-0.25, -0.2) is 19.9 Å². The largest absolute Gasteiger partial charge is 0.365 e. The molecule has 0 aliphatic rings. The van der Waals surface area contributed by atoms with E-state index in [9.17, 15) is 0 Å². The third-order valence-corrected chi connectivity index (χ3v) is 9.20. The summed E-state index contributed by atoms with van der Waals surface area (Å²) in [5, 5.41) is 9.01. The smallest absolute Gasteiger partial charge is 0.137 e. The second-order valence-corrected chi connectivity index (χ2v) is 12.8. The Hall–Kier alpha value is -6.54. The summed E-state index contributed by atoms with van der Waals surface area (Å²) < 4.78 is 0. The predicted octanol–water partition coefficient (Wildman–Crippen LogP) is 9.13. The molecule has 2 N–H and O–H groups in total. The molecule has 0 saturated heterocycles. The van der Waals surface area contributed by atoms with E-state index in [4.69, 9.17) is 4.98 Å². The van der Waals surface area contributed by atoms with Gasteiger partial charge in [0.15, 0.2) is 0 Å². The van der Waals surface area contributed by atoms with E-state index in [1.165, 1.54) is 22.3 Å². The highest BCUT2D eigenvalue weighted by molar-refractivity contribution is 5.93. The molecule has 8 heteroatoms. The van der Waals surface area contributed by atoms with Gasteiger partial charge in [-0.3, -0.25) is 9.97 Å². The molecule has 0 aliphatic carbocycles. The lowest BCUT2D eigenvalue weighted by Crippen LogP contribution is -2.04. The molecule has 51 heavy (non-hydrogen) atoms. The van der Waals surface area contributed by atoms with Crippen molar-refractivity contribution in [2.75, 3.05) is 10.6 Å². The number of anilines is 2. The lowest BCUT2D eigenvalue weighted by atomic mass is 9.98. The standard InChI is InChI=1S/C43H36N8/c1-28-8-9-31(25-47-43-39-12-10-32(22-40(39)48-27-51-43)34-14-16-44-29(2)18-34)19-36(28)21-37-20-35(15-17-45-37)33-11-13-38-41(23-33)49-26-50-42(38)46-24-30-6-4-3-5-7-30/h3-20,22-23,26-27H,21,24-25H2,1-2H3,(H,46,49,50)(H,47,48,51). The minimum atomic E-state index is 0.638. The Bertz CT molecular complexity index is 2500. The lowest BCUT2D eigenvalue weighted by Gasteiger charge is -2.13. The molecule has 4 heterocycles. The van der Waals surface area contributed by atoms with Crippen LogP contribution in [0, 0.1) is 13.8 Å². The summed E-state index contributed by atoms with van der Waals surface area (Å²) in [7, 11) is 0. The minimum absolute atomic E-state index is 0.638. The van der Waals surface area contributed by atoms with E-state index in [0.717, 1.165) is 73.5 Å². The topological polar surface area (TPSA) is 101 Å². The number of hydrogen-bond donors (Lipinski definition) is 2. The highest BCUT2D eigenvalue weighted by atomic mass is 15.0. The van der Waals surface area contributed by atoms with Gasteiger partial charge in [0.1, 0.15) is 24.3 Å². The Morgan fingerprint density at radius 3 is 1.76 bits per heavy atom. The van der Waals surface area contributed by atoms with Crippen molar-refractivity contribution >= 4 is 33.4 Å². The number of fused-ring (bicyclic) bond motifs is 2. The van der Waals surface area contributed by atoms with Gasteiger partial charge in [0, 0.05) is 54.1 Å². The van der Waals surface area contributed by atoms with Crippen LogP contribution in [0.2, 0.25) is 0 Å². The number of aromatic nitrogens is 6. The van der Waals surface area contributed by atoms with Crippen molar-refractivity contribution in [2.45, 2.75) is 33.4 Å². The van der Waals surface area contributed by atoms with Crippen LogP contribution in [-0.4, -0.2) is 29.9 Å². The maximum absolute atomic E-state index is 4.75. The molecule has 0 spiro atoms. The van der Waals surface area contributed by atoms with Crippen molar-refractivity contribution in [3.63, 3.8) is 0 Å². The fourth-order valence-corrected chi connectivity index (χ4v) is 6.42. The number of nitrogens with zero attached hydrogens (tertiary/aromatic N) is 6. The molecule has 8 nitrogen and oxygen atoms in total. The van der Waals surface area contributed by atoms with Crippen LogP contribution < -0.4 is 10.6 Å². The van der Waals surface area contributed by atoms with Gasteiger partial charge in [0.05, 0.1) is 11.0 Å². The summed E-state index contributed by atoms with van der Waals surface area (Å²) in [4.78, 5) is 27.3. The van der Waals surface area contributed by atoms with Gasteiger partial charge in [-0.05, 0) is 107 Å². The molecule has 0 radical (unpaired) electrons. The quantitative estimate of drug-likeness (QED) is 0.149. The Morgan fingerprint density at radius 1 is 0.490 bits per heavy atom. The van der Waals surface area contributed by atoms with Crippen LogP contribution in [-0.2, 0) is 19.5 Å². The molecule has 4 aromatic heterocycles. The maximum Gasteiger partial charge on any atom is 0.137 e. The van der Waals surface area contributed by atoms with Gasteiger partial charge in [0.2, 0.25) is 0 Å². The van der Waals surface area contributed by atoms with Gasteiger partial charge in [-0.2, -0.15) is 0 Å². The summed E-state index contributed by atoms with van der Waals surface area (Å²) >= 11 is 0. The second-order valence-electron chi connectivity index (χ2n) is 12.8. The molecule has 0 fully saturated rings. The number of rotatable bonds is 10. The molecular formula is C43H36N8. The van der Waals surface area contributed by atoms with E-state index in [1.807, 2.05) is 43.6 Å². The van der Waals surface area contributed by atoms with Crippen molar-refractivity contribution in [3.8, 4) is 22.3 Å². The number of pyridine rings is 2. The third kappa shape index (κ3) is 7.12. The molecule has 0 amide bonds. The summed E-state index contributed by atoms with van der Waals surface area (Å²) in [6, 6.07) is 37.9. The van der Waals surface area contributed by atoms with Crippen LogP contribution in [0.5, 0.6) is 0 Å². The number of aryl methyl sites for hydroxylation is 2. The van der Waals surface area contributed by atoms with Gasteiger partial charge < -0.3 is 10.6 Å². The predicted molar refractivity (Wildman–Crippen MR) is 205 cm³/mol. The molecule has 0 aliphatic heterocycles. The first-order valence-corrected chi connectivity index (χ1v) is 17.0. The summed E-state index contributed by atoms with van der Waals surface area (Å²) in [5.74, 6) is 1.64. The first-order valence-electron chi connectivity index (χ1n) is 17.0. The van der Waals surface area contributed by atoms with E-state index in [-0.39, 0.29) is 0 Å². The zero-order valence-corrected chi connectivity index (χ0v) is 28.5. The zero-order valence-electron chi connectivity index (χ0n) is 28.5. The normalized spacial score (nSPS) is 11.2. The molecule has 8 aromatic rings. The molecule has 8 rings (SSSR count). The van der Waals surface area contributed by atoms with Gasteiger partial charge >= 0.3 is 0 Å². The molecule has 0 unspecified atom stereocenters. The second kappa shape index (κ2) is 14.1. The molecule has 0 bridgehead atoms.